The summed E-state index contributed by atoms with van der Waals surface area (Å²) < 4.78 is 5.62. The zero-order valence-electron chi connectivity index (χ0n) is 21.6. The molecule has 0 bridgehead atoms. The van der Waals surface area contributed by atoms with Gasteiger partial charge in [0, 0.05) is 29.3 Å². The SMILES string of the molecule is C[C@H]1c2cccc(O)c2C(=O)C2C(=O)[C@]3(O)C(=O)C(C(N)=O)C(=O)C[C@@H]3[C@@H](OC(=O)Nc3ccc(Cl)cc3[N+](=O)[O-])[C@@H]21. The Labute approximate surface area is 240 Å². The summed E-state index contributed by atoms with van der Waals surface area (Å²) in [5.41, 5.74) is 1.22. The lowest BCUT2D eigenvalue weighted by Crippen LogP contribution is -2.73. The molecule has 2 unspecified atom stereocenters. The molecule has 0 radical (unpaired) electrons. The molecule has 0 heterocycles. The van der Waals surface area contributed by atoms with Crippen molar-refractivity contribution >= 4 is 58.1 Å². The molecule has 14 nitrogen and oxygen atoms in total. The number of nitrogens with one attached hydrogen (secondary N) is 1. The van der Waals surface area contributed by atoms with E-state index in [0.717, 1.165) is 12.1 Å². The highest BCUT2D eigenvalue weighted by Gasteiger charge is 2.71. The molecule has 2 aromatic rings. The molecule has 3 aliphatic rings. The van der Waals surface area contributed by atoms with Crippen LogP contribution in [0.15, 0.2) is 36.4 Å². The number of halogens is 1. The number of aliphatic hydroxyl groups is 1. The monoisotopic (exact) mass is 599 g/mol. The van der Waals surface area contributed by atoms with Crippen molar-refractivity contribution in [1.82, 2.24) is 0 Å². The molecule has 2 amide bonds. The van der Waals surface area contributed by atoms with Crippen molar-refractivity contribution in [2.75, 3.05) is 5.32 Å². The largest absolute Gasteiger partial charge is 0.507 e. The van der Waals surface area contributed by atoms with Gasteiger partial charge in [-0.25, -0.2) is 4.79 Å². The number of rotatable bonds is 4. The van der Waals surface area contributed by atoms with Gasteiger partial charge in [-0.05, 0) is 29.7 Å². The summed E-state index contributed by atoms with van der Waals surface area (Å²) in [6.07, 6.45) is -3.81. The number of nitro groups is 1. The summed E-state index contributed by atoms with van der Waals surface area (Å²) in [4.78, 5) is 89.7. The average Bonchev–Trinajstić information content (AvgIpc) is 2.91. The van der Waals surface area contributed by atoms with Crippen LogP contribution in [-0.4, -0.2) is 62.0 Å². The van der Waals surface area contributed by atoms with Crippen LogP contribution in [0.4, 0.5) is 16.2 Å². The van der Waals surface area contributed by atoms with Crippen molar-refractivity contribution in [3.8, 4) is 5.75 Å². The Balaban J connectivity index is 1.63. The predicted octanol–water partition coefficient (Wildman–Crippen LogP) is 1.68. The minimum Gasteiger partial charge on any atom is -0.507 e. The van der Waals surface area contributed by atoms with Gasteiger partial charge in [-0.1, -0.05) is 30.7 Å². The van der Waals surface area contributed by atoms with E-state index >= 15 is 0 Å². The Morgan fingerprint density at radius 2 is 1.86 bits per heavy atom. The Morgan fingerprint density at radius 1 is 1.17 bits per heavy atom. The van der Waals surface area contributed by atoms with Crippen molar-refractivity contribution in [2.24, 2.45) is 29.4 Å². The number of phenolic OH excluding ortho intramolecular Hbond substituents is 1. The van der Waals surface area contributed by atoms with Crippen LogP contribution >= 0.6 is 11.6 Å². The van der Waals surface area contributed by atoms with Crippen molar-refractivity contribution in [3.63, 3.8) is 0 Å². The van der Waals surface area contributed by atoms with E-state index in [9.17, 15) is 49.1 Å². The van der Waals surface area contributed by atoms with Gasteiger partial charge in [0.2, 0.25) is 5.91 Å². The van der Waals surface area contributed by atoms with Gasteiger partial charge < -0.3 is 20.7 Å². The number of hydrogen-bond donors (Lipinski definition) is 4. The van der Waals surface area contributed by atoms with E-state index < -0.39 is 99.2 Å². The number of amides is 2. The number of fused-ring (bicyclic) bond motifs is 3. The number of carbonyl (C=O) groups is 6. The molecule has 0 spiro atoms. The number of hydrogen-bond acceptors (Lipinski definition) is 11. The summed E-state index contributed by atoms with van der Waals surface area (Å²) in [7, 11) is 0. The number of nitrogens with two attached hydrogens (primary N) is 1. The normalized spacial score (nSPS) is 30.1. The van der Waals surface area contributed by atoms with Gasteiger partial charge >= 0.3 is 6.09 Å². The van der Waals surface area contributed by atoms with Crippen molar-refractivity contribution in [2.45, 2.75) is 31.0 Å². The lowest BCUT2D eigenvalue weighted by Gasteiger charge is -2.53. The maximum absolute atomic E-state index is 13.9. The third-order valence-electron chi connectivity index (χ3n) is 8.33. The van der Waals surface area contributed by atoms with E-state index in [1.54, 1.807) is 6.92 Å². The summed E-state index contributed by atoms with van der Waals surface area (Å²) >= 11 is 5.82. The van der Waals surface area contributed by atoms with Crippen LogP contribution in [0.3, 0.4) is 0 Å². The molecular weight excluding hydrogens is 578 g/mol. The van der Waals surface area contributed by atoms with Crippen molar-refractivity contribution in [1.29, 1.82) is 0 Å². The molecule has 7 atom stereocenters. The van der Waals surface area contributed by atoms with Crippen molar-refractivity contribution in [3.05, 3.63) is 62.7 Å². The number of ether oxygens (including phenoxy) is 1. The molecule has 0 saturated heterocycles. The summed E-state index contributed by atoms with van der Waals surface area (Å²) in [5.74, 6) is -14.6. The second-order valence-electron chi connectivity index (χ2n) is 10.5. The number of primary amides is 1. The first-order valence-corrected chi connectivity index (χ1v) is 13.0. The fourth-order valence-corrected chi connectivity index (χ4v) is 6.63. The van der Waals surface area contributed by atoms with E-state index in [4.69, 9.17) is 22.1 Å². The second kappa shape index (κ2) is 9.99. The number of Topliss-reactive ketones (excluding diaryl/α,β-unsaturated/α-hetero) is 4. The van der Waals surface area contributed by atoms with Gasteiger partial charge in [0.15, 0.2) is 34.7 Å². The molecular formula is C27H22ClN3O11. The van der Waals surface area contributed by atoms with Crippen LogP contribution < -0.4 is 11.1 Å². The Hall–Kier alpha value is -4.69. The van der Waals surface area contributed by atoms with Gasteiger partial charge in [-0.3, -0.25) is 39.4 Å². The van der Waals surface area contributed by atoms with E-state index in [0.29, 0.717) is 0 Å². The van der Waals surface area contributed by atoms with E-state index in [1.165, 1.54) is 24.3 Å². The average molecular weight is 600 g/mol. The first-order chi connectivity index (χ1) is 19.7. The molecule has 3 aliphatic carbocycles. The van der Waals surface area contributed by atoms with Crippen LogP contribution in [-0.2, 0) is 23.9 Å². The maximum Gasteiger partial charge on any atom is 0.412 e. The smallest absolute Gasteiger partial charge is 0.412 e. The van der Waals surface area contributed by atoms with Gasteiger partial charge in [0.25, 0.3) is 5.69 Å². The number of nitro benzene ring substituents is 1. The first-order valence-electron chi connectivity index (χ1n) is 12.6. The quantitative estimate of drug-likeness (QED) is 0.224. The van der Waals surface area contributed by atoms with E-state index in [-0.39, 0.29) is 21.8 Å². The highest BCUT2D eigenvalue weighted by atomic mass is 35.5. The third kappa shape index (κ3) is 4.13. The molecule has 0 aromatic heterocycles. The first kappa shape index (κ1) is 28.8. The molecule has 2 saturated carbocycles. The third-order valence-corrected chi connectivity index (χ3v) is 8.56. The summed E-state index contributed by atoms with van der Waals surface area (Å²) in [6, 6.07) is 7.52. The second-order valence-corrected chi connectivity index (χ2v) is 10.9. The number of ketones is 4. The number of carbonyl (C=O) groups excluding carboxylic acids is 6. The topological polar surface area (TPSA) is 233 Å². The zero-order chi connectivity index (χ0) is 30.8. The van der Waals surface area contributed by atoms with Gasteiger partial charge in [-0.15, -0.1) is 0 Å². The number of aromatic hydroxyl groups is 1. The zero-order valence-corrected chi connectivity index (χ0v) is 22.4. The van der Waals surface area contributed by atoms with Crippen LogP contribution in [0, 0.1) is 33.8 Å². The highest BCUT2D eigenvalue weighted by molar-refractivity contribution is 6.32. The number of phenols is 1. The molecule has 15 heteroatoms. The molecule has 0 aliphatic heterocycles. The Morgan fingerprint density at radius 3 is 2.50 bits per heavy atom. The molecule has 2 fully saturated rings. The molecule has 2 aromatic carbocycles. The molecule has 42 heavy (non-hydrogen) atoms. The van der Waals surface area contributed by atoms with E-state index in [1.807, 2.05) is 0 Å². The lowest BCUT2D eigenvalue weighted by molar-refractivity contribution is -0.383. The Bertz CT molecular complexity index is 1620. The molecule has 5 N–H and O–H groups in total. The van der Waals surface area contributed by atoms with Crippen LogP contribution in [0.5, 0.6) is 5.75 Å². The predicted molar refractivity (Wildman–Crippen MR) is 141 cm³/mol. The van der Waals surface area contributed by atoms with Crippen LogP contribution in [0.1, 0.15) is 35.2 Å². The number of anilines is 1. The number of nitrogens with zero attached hydrogens (tertiary/aromatic N) is 1. The highest BCUT2D eigenvalue weighted by Crippen LogP contribution is 2.54. The fraction of sp³-hybridized carbons (Fsp3) is 0.333. The standard InChI is InChI=1S/C27H22ClN3O11/c1-9-11-3-2-4-15(32)18(11)21(34)20-17(9)22(42-26(38)30-13-6-5-10(28)7-14(13)31(40)41)12-8-16(33)19(25(29)37)23(35)27(12,39)24(20)36/h2-7,9,12,17,19-20,22,32,39H,8H2,1H3,(H2,29,37)(H,30,38)/t9-,12+,17+,19?,20?,22+,27+/m0/s1. The summed E-state index contributed by atoms with van der Waals surface area (Å²) in [5, 5.41) is 35.8. The van der Waals surface area contributed by atoms with Crippen LogP contribution in [0.2, 0.25) is 5.02 Å². The lowest BCUT2D eigenvalue weighted by atomic mass is 9.50. The number of benzene rings is 2. The van der Waals surface area contributed by atoms with Crippen LogP contribution in [0.25, 0.3) is 0 Å². The fourth-order valence-electron chi connectivity index (χ4n) is 6.47. The van der Waals surface area contributed by atoms with Gasteiger partial charge in [0.1, 0.15) is 17.5 Å². The molecule has 5 rings (SSSR count). The Kier molecular flexibility index (Phi) is 6.86. The van der Waals surface area contributed by atoms with Crippen molar-refractivity contribution < 1.29 is 48.6 Å². The van der Waals surface area contributed by atoms with Gasteiger partial charge in [-0.2, -0.15) is 0 Å². The van der Waals surface area contributed by atoms with Gasteiger partial charge in [0.05, 0.1) is 16.4 Å². The maximum atomic E-state index is 13.9. The summed E-state index contributed by atoms with van der Waals surface area (Å²) in [6.45, 7) is 1.57. The minimum atomic E-state index is -3.14. The molecule has 218 valence electrons. The minimum absolute atomic E-state index is 0.000914. The van der Waals surface area contributed by atoms with E-state index in [2.05, 4.69) is 5.32 Å².